The highest BCUT2D eigenvalue weighted by molar-refractivity contribution is 5.95. The van der Waals surface area contributed by atoms with Gasteiger partial charge in [-0.1, -0.05) is 32.4 Å². The molecule has 2 aromatic rings. The van der Waals surface area contributed by atoms with Crippen molar-refractivity contribution in [2.75, 3.05) is 5.32 Å². The van der Waals surface area contributed by atoms with Crippen molar-refractivity contribution in [3.63, 3.8) is 0 Å². The number of nitrogens with one attached hydrogen (secondary N) is 3. The number of carbonyl (C=O) groups is 1. The van der Waals surface area contributed by atoms with Crippen molar-refractivity contribution in [2.24, 2.45) is 11.7 Å². The van der Waals surface area contributed by atoms with Crippen LogP contribution < -0.4 is 16.6 Å². The molecule has 0 aliphatic rings. The first-order valence-corrected chi connectivity index (χ1v) is 6.96. The number of amides is 1. The monoisotopic (exact) mass is 288 g/mol. The van der Waals surface area contributed by atoms with Crippen molar-refractivity contribution in [1.82, 2.24) is 10.2 Å². The Hall–Kier alpha value is -2.34. The molecule has 0 saturated carbocycles. The van der Waals surface area contributed by atoms with Crippen LogP contribution in [0, 0.1) is 5.92 Å². The lowest BCUT2D eigenvalue weighted by molar-refractivity contribution is -0.118. The molecule has 6 nitrogen and oxygen atoms in total. The number of carbonyl (C=O) groups excluding carboxylic acids is 1. The molecule has 1 amide bonds. The van der Waals surface area contributed by atoms with Gasteiger partial charge in [0.1, 0.15) is 0 Å². The highest BCUT2D eigenvalue weighted by atomic mass is 16.2. The molecule has 1 aromatic carbocycles. The maximum atomic E-state index is 12.0. The van der Waals surface area contributed by atoms with Gasteiger partial charge in [0.05, 0.1) is 11.7 Å². The molecule has 5 N–H and O–H groups in total. The van der Waals surface area contributed by atoms with E-state index in [1.54, 1.807) is 12.1 Å². The predicted molar refractivity (Wildman–Crippen MR) is 82.9 cm³/mol. The van der Waals surface area contributed by atoms with Gasteiger partial charge >= 0.3 is 0 Å². The van der Waals surface area contributed by atoms with E-state index in [1.165, 1.54) is 6.07 Å². The molecule has 112 valence electrons. The molecule has 2 rings (SSSR count). The van der Waals surface area contributed by atoms with Gasteiger partial charge in [-0.3, -0.25) is 19.8 Å². The lowest BCUT2D eigenvalue weighted by Crippen LogP contribution is -2.40. The van der Waals surface area contributed by atoms with Crippen LogP contribution in [0.5, 0.6) is 0 Å². The quantitative estimate of drug-likeness (QED) is 0.673. The van der Waals surface area contributed by atoms with Gasteiger partial charge < -0.3 is 11.1 Å². The molecule has 1 unspecified atom stereocenters. The van der Waals surface area contributed by atoms with E-state index < -0.39 is 6.04 Å². The number of anilines is 1. The van der Waals surface area contributed by atoms with Crippen molar-refractivity contribution in [3.8, 4) is 11.3 Å². The predicted octanol–water partition coefficient (Wildman–Crippen LogP) is 1.68. The maximum Gasteiger partial charge on any atom is 0.264 e. The van der Waals surface area contributed by atoms with Crippen LogP contribution in [0.4, 0.5) is 5.69 Å². The van der Waals surface area contributed by atoms with Crippen molar-refractivity contribution in [3.05, 3.63) is 40.7 Å². The minimum Gasteiger partial charge on any atom is -0.325 e. The Labute approximate surface area is 122 Å². The smallest absolute Gasteiger partial charge is 0.264 e. The van der Waals surface area contributed by atoms with Crippen molar-refractivity contribution in [2.45, 2.75) is 26.3 Å². The second-order valence-electron chi connectivity index (χ2n) is 5.15. The van der Waals surface area contributed by atoms with Crippen LogP contribution in [0.3, 0.4) is 0 Å². The minimum atomic E-state index is -0.518. The largest absolute Gasteiger partial charge is 0.325 e. The normalized spacial score (nSPS) is 13.7. The fourth-order valence-corrected chi connectivity index (χ4v) is 1.96. The third-order valence-electron chi connectivity index (χ3n) is 3.62. The van der Waals surface area contributed by atoms with Gasteiger partial charge in [-0.05, 0) is 23.6 Å². The highest BCUT2D eigenvalue weighted by Gasteiger charge is 2.19. The van der Waals surface area contributed by atoms with Gasteiger partial charge in [-0.2, -0.15) is 0 Å². The summed E-state index contributed by atoms with van der Waals surface area (Å²) < 4.78 is 0. The molecular weight excluding hydrogens is 268 g/mol. The molecule has 0 fully saturated rings. The number of hydrogen-bond acceptors (Lipinski definition) is 3. The van der Waals surface area contributed by atoms with Crippen LogP contribution in [0.1, 0.15) is 20.3 Å². The molecule has 1 heterocycles. The fourth-order valence-electron chi connectivity index (χ4n) is 1.96. The summed E-state index contributed by atoms with van der Waals surface area (Å²) in [6.07, 6.45) is 0.856. The molecule has 0 saturated heterocycles. The molecule has 1 aromatic heterocycles. The van der Waals surface area contributed by atoms with Crippen molar-refractivity contribution >= 4 is 11.6 Å². The van der Waals surface area contributed by atoms with E-state index in [1.807, 2.05) is 26.0 Å². The lowest BCUT2D eigenvalue weighted by Gasteiger charge is -2.17. The summed E-state index contributed by atoms with van der Waals surface area (Å²) in [7, 11) is 0. The SMILES string of the molecule is CCC(C)[C@H](N)C(=O)Nc1ccc(-c2cc(=O)[nH][nH]2)cc1. The Morgan fingerprint density at radius 3 is 2.48 bits per heavy atom. The zero-order valence-electron chi connectivity index (χ0n) is 12.1. The van der Waals surface area contributed by atoms with E-state index in [-0.39, 0.29) is 17.4 Å². The van der Waals surface area contributed by atoms with E-state index in [0.29, 0.717) is 11.4 Å². The first-order valence-electron chi connectivity index (χ1n) is 6.96. The molecule has 21 heavy (non-hydrogen) atoms. The van der Waals surface area contributed by atoms with E-state index >= 15 is 0 Å². The average Bonchev–Trinajstić information content (AvgIpc) is 2.93. The van der Waals surface area contributed by atoms with Gasteiger partial charge in [0.2, 0.25) is 5.91 Å². The van der Waals surface area contributed by atoms with Crippen LogP contribution in [0.2, 0.25) is 0 Å². The minimum absolute atomic E-state index is 0.134. The van der Waals surface area contributed by atoms with Crippen LogP contribution in [-0.4, -0.2) is 22.1 Å². The highest BCUT2D eigenvalue weighted by Crippen LogP contribution is 2.18. The summed E-state index contributed by atoms with van der Waals surface area (Å²) in [5.74, 6) is -0.0543. The Balaban J connectivity index is 2.06. The Bertz CT molecular complexity index is 657. The van der Waals surface area contributed by atoms with Gasteiger partial charge in [-0.25, -0.2) is 0 Å². The number of H-pyrrole nitrogens is 2. The summed E-state index contributed by atoms with van der Waals surface area (Å²) >= 11 is 0. The molecule has 0 radical (unpaired) electrons. The summed E-state index contributed by atoms with van der Waals surface area (Å²) in [5, 5.41) is 8.06. The van der Waals surface area contributed by atoms with E-state index in [2.05, 4.69) is 15.5 Å². The fraction of sp³-hybridized carbons (Fsp3) is 0.333. The standard InChI is InChI=1S/C15H20N4O2/c1-3-9(2)14(16)15(21)17-11-6-4-10(5-7-11)12-8-13(20)19-18-12/h4-9,14H,3,16H2,1-2H3,(H,17,21)(H2,18,19,20)/t9?,14-/m0/s1. The Morgan fingerprint density at radius 2 is 1.95 bits per heavy atom. The number of aromatic nitrogens is 2. The van der Waals surface area contributed by atoms with Crippen LogP contribution in [0.15, 0.2) is 35.1 Å². The molecule has 2 atom stereocenters. The summed E-state index contributed by atoms with van der Waals surface area (Å²) in [5.41, 5.74) is 7.95. The molecule has 0 aliphatic heterocycles. The third kappa shape index (κ3) is 3.61. The molecule has 0 spiro atoms. The number of aromatic amines is 2. The van der Waals surface area contributed by atoms with Crippen LogP contribution in [-0.2, 0) is 4.79 Å². The zero-order chi connectivity index (χ0) is 15.4. The number of rotatable bonds is 5. The molecular formula is C15H20N4O2. The summed E-state index contributed by atoms with van der Waals surface area (Å²) in [6, 6.07) is 8.17. The van der Waals surface area contributed by atoms with Gasteiger partial charge in [-0.15, -0.1) is 0 Å². The Kier molecular flexibility index (Phi) is 4.59. The van der Waals surface area contributed by atoms with Gasteiger partial charge in [0, 0.05) is 11.8 Å². The van der Waals surface area contributed by atoms with Crippen molar-refractivity contribution < 1.29 is 4.79 Å². The average molecular weight is 288 g/mol. The first-order chi connectivity index (χ1) is 10.0. The summed E-state index contributed by atoms with van der Waals surface area (Å²) in [6.45, 7) is 3.96. The van der Waals surface area contributed by atoms with Crippen LogP contribution >= 0.6 is 0 Å². The van der Waals surface area contributed by atoms with Gasteiger partial charge in [0.15, 0.2) is 0 Å². The molecule has 6 heteroatoms. The van der Waals surface area contributed by atoms with E-state index in [0.717, 1.165) is 12.0 Å². The molecule has 0 bridgehead atoms. The zero-order valence-corrected chi connectivity index (χ0v) is 12.1. The second-order valence-corrected chi connectivity index (χ2v) is 5.15. The summed E-state index contributed by atoms with van der Waals surface area (Å²) in [4.78, 5) is 23.1. The van der Waals surface area contributed by atoms with Crippen molar-refractivity contribution in [1.29, 1.82) is 0 Å². The van der Waals surface area contributed by atoms with E-state index in [9.17, 15) is 9.59 Å². The third-order valence-corrected chi connectivity index (χ3v) is 3.62. The van der Waals surface area contributed by atoms with Gasteiger partial charge in [0.25, 0.3) is 5.56 Å². The molecule has 0 aliphatic carbocycles. The first kappa shape index (κ1) is 15.1. The number of hydrogen-bond donors (Lipinski definition) is 4. The topological polar surface area (TPSA) is 104 Å². The Morgan fingerprint density at radius 1 is 1.29 bits per heavy atom. The van der Waals surface area contributed by atoms with E-state index in [4.69, 9.17) is 5.73 Å². The van der Waals surface area contributed by atoms with Crippen LogP contribution in [0.25, 0.3) is 11.3 Å². The number of benzene rings is 1. The second kappa shape index (κ2) is 6.41. The lowest BCUT2D eigenvalue weighted by atomic mass is 9.99. The number of nitrogens with two attached hydrogens (primary N) is 1. The maximum absolute atomic E-state index is 12.0.